The van der Waals surface area contributed by atoms with Gasteiger partial charge in [0.05, 0.1) is 0 Å². The highest BCUT2D eigenvalue weighted by Gasteiger charge is 2.31. The van der Waals surface area contributed by atoms with Gasteiger partial charge in [-0.25, -0.2) is 4.79 Å². The van der Waals surface area contributed by atoms with Crippen LogP contribution in [0.2, 0.25) is 0 Å². The first-order chi connectivity index (χ1) is 9.76. The highest BCUT2D eigenvalue weighted by molar-refractivity contribution is 5.86. The standard InChI is InChI=1S/C15H25N3O3/c1-10-9-16-12(13(19)17-10)11-5-7-18(8-6-11)14(20)21-15(2,3)4/h5,10,12,16H,6-9H2,1-4H3,(H,17,19)/t10-,12+/m0/s1. The number of hydrogen-bond acceptors (Lipinski definition) is 4. The van der Waals surface area contributed by atoms with Gasteiger partial charge in [-0.2, -0.15) is 0 Å². The van der Waals surface area contributed by atoms with E-state index in [9.17, 15) is 9.59 Å². The van der Waals surface area contributed by atoms with E-state index in [0.717, 1.165) is 12.1 Å². The maximum absolute atomic E-state index is 12.0. The Labute approximate surface area is 125 Å². The molecule has 2 N–H and O–H groups in total. The molecule has 6 heteroatoms. The molecule has 2 amide bonds. The average molecular weight is 295 g/mol. The summed E-state index contributed by atoms with van der Waals surface area (Å²) >= 11 is 0. The lowest BCUT2D eigenvalue weighted by Gasteiger charge is -2.34. The van der Waals surface area contributed by atoms with Crippen molar-refractivity contribution in [1.29, 1.82) is 0 Å². The average Bonchev–Trinajstić information content (AvgIpc) is 2.37. The molecule has 0 aromatic heterocycles. The largest absolute Gasteiger partial charge is 0.444 e. The SMILES string of the molecule is C[C@H]1CN[C@H](C2=CCN(C(=O)OC(C)(C)C)CC2)C(=O)N1. The van der Waals surface area contributed by atoms with Crippen molar-refractivity contribution < 1.29 is 14.3 Å². The molecular formula is C15H25N3O3. The zero-order valence-corrected chi connectivity index (χ0v) is 13.2. The summed E-state index contributed by atoms with van der Waals surface area (Å²) in [6.07, 6.45) is 2.35. The second-order valence-electron chi connectivity index (χ2n) is 6.71. The molecular weight excluding hydrogens is 270 g/mol. The number of amides is 2. The molecule has 0 saturated carbocycles. The molecule has 1 fully saturated rings. The first-order valence-electron chi connectivity index (χ1n) is 7.47. The third kappa shape index (κ3) is 4.20. The van der Waals surface area contributed by atoms with Gasteiger partial charge < -0.3 is 20.3 Å². The molecule has 1 saturated heterocycles. The molecule has 0 aliphatic carbocycles. The molecule has 118 valence electrons. The lowest BCUT2D eigenvalue weighted by atomic mass is 9.97. The number of hydrogen-bond donors (Lipinski definition) is 2. The monoisotopic (exact) mass is 295 g/mol. The molecule has 0 bridgehead atoms. The van der Waals surface area contributed by atoms with Crippen molar-refractivity contribution in [2.45, 2.75) is 51.8 Å². The van der Waals surface area contributed by atoms with Crippen molar-refractivity contribution in [2.75, 3.05) is 19.6 Å². The topological polar surface area (TPSA) is 70.7 Å². The summed E-state index contributed by atoms with van der Waals surface area (Å²) in [5.74, 6) is 0.0192. The molecule has 2 aliphatic rings. The van der Waals surface area contributed by atoms with Gasteiger partial charge in [0.25, 0.3) is 0 Å². The van der Waals surface area contributed by atoms with E-state index >= 15 is 0 Å². The number of piperazine rings is 1. The molecule has 2 heterocycles. The van der Waals surface area contributed by atoms with Crippen molar-refractivity contribution in [3.63, 3.8) is 0 Å². The highest BCUT2D eigenvalue weighted by Crippen LogP contribution is 2.18. The molecule has 0 aromatic rings. The number of carbonyl (C=O) groups excluding carboxylic acids is 2. The first-order valence-corrected chi connectivity index (χ1v) is 7.47. The number of nitrogens with zero attached hydrogens (tertiary/aromatic N) is 1. The van der Waals surface area contributed by atoms with Crippen LogP contribution in [-0.2, 0) is 9.53 Å². The zero-order valence-electron chi connectivity index (χ0n) is 13.2. The highest BCUT2D eigenvalue weighted by atomic mass is 16.6. The second-order valence-corrected chi connectivity index (χ2v) is 6.71. The van der Waals surface area contributed by atoms with Gasteiger partial charge in [-0.1, -0.05) is 6.08 Å². The lowest BCUT2D eigenvalue weighted by molar-refractivity contribution is -0.124. The van der Waals surface area contributed by atoms with Gasteiger partial charge in [0.2, 0.25) is 5.91 Å². The Bertz CT molecular complexity index is 454. The van der Waals surface area contributed by atoms with Crippen molar-refractivity contribution in [2.24, 2.45) is 0 Å². The second kappa shape index (κ2) is 6.05. The quantitative estimate of drug-likeness (QED) is 0.709. The van der Waals surface area contributed by atoms with Gasteiger partial charge in [-0.05, 0) is 39.7 Å². The van der Waals surface area contributed by atoms with Crippen molar-refractivity contribution in [3.05, 3.63) is 11.6 Å². The predicted octanol–water partition coefficient (Wildman–Crippen LogP) is 1.03. The van der Waals surface area contributed by atoms with E-state index in [2.05, 4.69) is 10.6 Å². The van der Waals surface area contributed by atoms with Crippen LogP contribution in [0, 0.1) is 0 Å². The van der Waals surface area contributed by atoms with Gasteiger partial charge in [0.15, 0.2) is 0 Å². The summed E-state index contributed by atoms with van der Waals surface area (Å²) in [5, 5.41) is 6.20. The Balaban J connectivity index is 1.93. The van der Waals surface area contributed by atoms with Crippen LogP contribution >= 0.6 is 0 Å². The van der Waals surface area contributed by atoms with Crippen LogP contribution < -0.4 is 10.6 Å². The van der Waals surface area contributed by atoms with Gasteiger partial charge in [0, 0.05) is 25.7 Å². The van der Waals surface area contributed by atoms with Crippen molar-refractivity contribution in [3.8, 4) is 0 Å². The summed E-state index contributed by atoms with van der Waals surface area (Å²) in [7, 11) is 0. The minimum Gasteiger partial charge on any atom is -0.444 e. The van der Waals surface area contributed by atoms with Gasteiger partial charge in [-0.15, -0.1) is 0 Å². The summed E-state index contributed by atoms with van der Waals surface area (Å²) in [6, 6.07) is -0.0989. The van der Waals surface area contributed by atoms with Gasteiger partial charge in [0.1, 0.15) is 11.6 Å². The minimum atomic E-state index is -0.484. The smallest absolute Gasteiger partial charge is 0.410 e. The maximum atomic E-state index is 12.0. The normalized spacial score (nSPS) is 27.0. The van der Waals surface area contributed by atoms with Gasteiger partial charge >= 0.3 is 6.09 Å². The molecule has 0 unspecified atom stereocenters. The van der Waals surface area contributed by atoms with E-state index in [1.54, 1.807) is 4.90 Å². The van der Waals surface area contributed by atoms with Crippen LogP contribution in [0.4, 0.5) is 4.79 Å². The van der Waals surface area contributed by atoms with Crippen LogP contribution in [0.3, 0.4) is 0 Å². The van der Waals surface area contributed by atoms with E-state index in [-0.39, 0.29) is 24.1 Å². The van der Waals surface area contributed by atoms with E-state index in [1.165, 1.54) is 0 Å². The van der Waals surface area contributed by atoms with E-state index in [1.807, 2.05) is 33.8 Å². The van der Waals surface area contributed by atoms with Crippen molar-refractivity contribution in [1.82, 2.24) is 15.5 Å². The molecule has 2 atom stereocenters. The Morgan fingerprint density at radius 3 is 2.67 bits per heavy atom. The van der Waals surface area contributed by atoms with Crippen LogP contribution in [0.5, 0.6) is 0 Å². The van der Waals surface area contributed by atoms with Crippen LogP contribution in [-0.4, -0.2) is 54.2 Å². The third-order valence-electron chi connectivity index (χ3n) is 3.55. The summed E-state index contributed by atoms with van der Waals surface area (Å²) in [6.45, 7) is 9.38. The predicted molar refractivity (Wildman–Crippen MR) is 79.9 cm³/mol. The fourth-order valence-electron chi connectivity index (χ4n) is 2.50. The minimum absolute atomic E-state index is 0.0192. The molecule has 6 nitrogen and oxygen atoms in total. The molecule has 21 heavy (non-hydrogen) atoms. The van der Waals surface area contributed by atoms with Crippen LogP contribution in [0.1, 0.15) is 34.1 Å². The Morgan fingerprint density at radius 2 is 2.14 bits per heavy atom. The molecule has 0 spiro atoms. The first kappa shape index (κ1) is 15.8. The van der Waals surface area contributed by atoms with Crippen LogP contribution in [0.15, 0.2) is 11.6 Å². The van der Waals surface area contributed by atoms with Crippen molar-refractivity contribution >= 4 is 12.0 Å². The Kier molecular flexibility index (Phi) is 4.56. The Morgan fingerprint density at radius 1 is 1.43 bits per heavy atom. The van der Waals surface area contributed by atoms with E-state index in [0.29, 0.717) is 19.5 Å². The number of nitrogens with one attached hydrogen (secondary N) is 2. The maximum Gasteiger partial charge on any atom is 0.410 e. The summed E-state index contributed by atoms with van der Waals surface area (Å²) < 4.78 is 5.36. The van der Waals surface area contributed by atoms with Crippen LogP contribution in [0.25, 0.3) is 0 Å². The lowest BCUT2D eigenvalue weighted by Crippen LogP contribution is -2.58. The molecule has 0 radical (unpaired) electrons. The number of ether oxygens (including phenoxy) is 1. The fourth-order valence-corrected chi connectivity index (χ4v) is 2.50. The summed E-state index contributed by atoms with van der Waals surface area (Å²) in [4.78, 5) is 25.6. The van der Waals surface area contributed by atoms with Gasteiger partial charge in [-0.3, -0.25) is 4.79 Å². The molecule has 0 aromatic carbocycles. The Hall–Kier alpha value is -1.56. The molecule has 2 aliphatic heterocycles. The molecule has 2 rings (SSSR count). The van der Waals surface area contributed by atoms with E-state index < -0.39 is 5.60 Å². The number of rotatable bonds is 1. The third-order valence-corrected chi connectivity index (χ3v) is 3.55. The van der Waals surface area contributed by atoms with E-state index in [4.69, 9.17) is 4.74 Å². The zero-order chi connectivity index (χ0) is 15.6. The number of carbonyl (C=O) groups is 2. The fraction of sp³-hybridized carbons (Fsp3) is 0.733. The summed E-state index contributed by atoms with van der Waals surface area (Å²) in [5.41, 5.74) is 0.571.